The molecular weight excluding hydrogens is 444 g/mol. The molecule has 11 heteroatoms. The Kier molecular flexibility index (Phi) is 6.89. The average Bonchev–Trinajstić information content (AvgIpc) is 3.54. The third-order valence-corrected chi connectivity index (χ3v) is 5.35. The Morgan fingerprint density at radius 2 is 2.03 bits per heavy atom. The number of rotatable bonds is 9. The Labute approximate surface area is 194 Å². The van der Waals surface area contributed by atoms with Gasteiger partial charge in [-0.05, 0) is 55.3 Å². The van der Waals surface area contributed by atoms with Crippen molar-refractivity contribution < 1.29 is 18.7 Å². The van der Waals surface area contributed by atoms with Crippen molar-refractivity contribution in [3.8, 4) is 5.75 Å². The largest absolute Gasteiger partial charge is 0.486 e. The number of hydrogen-bond donors (Lipinski definition) is 0. The van der Waals surface area contributed by atoms with Crippen molar-refractivity contribution in [3.63, 3.8) is 0 Å². The normalized spacial score (nSPS) is 11.2. The summed E-state index contributed by atoms with van der Waals surface area (Å²) in [5, 5.41) is 17.0. The van der Waals surface area contributed by atoms with E-state index in [2.05, 4.69) is 31.2 Å². The molecule has 3 aromatic heterocycles. The van der Waals surface area contributed by atoms with Gasteiger partial charge in [-0.1, -0.05) is 17.8 Å². The van der Waals surface area contributed by atoms with Crippen molar-refractivity contribution in [2.24, 2.45) is 5.10 Å². The molecule has 0 bridgehead atoms. The van der Waals surface area contributed by atoms with Crippen LogP contribution in [0.1, 0.15) is 33.1 Å². The SMILES string of the molecule is COC(=O)c1ccn(CSc2nncn2N=Cc2ccc(COc3cc(C)cc(C)c3)o2)n1. The molecule has 3 heterocycles. The highest BCUT2D eigenvalue weighted by Crippen LogP contribution is 2.19. The standard InChI is InChI=1S/C22H22N6O4S/c1-15-8-16(2)10-19(9-15)31-12-18-5-4-17(32-18)11-24-28-13-23-25-22(28)33-14-27-7-6-20(26-27)21(29)30-3/h4-11,13H,12,14H2,1-3H3. The lowest BCUT2D eigenvalue weighted by molar-refractivity contribution is 0.0593. The summed E-state index contributed by atoms with van der Waals surface area (Å²) in [5.41, 5.74) is 2.54. The van der Waals surface area contributed by atoms with Gasteiger partial charge in [-0.2, -0.15) is 14.9 Å². The van der Waals surface area contributed by atoms with Crippen LogP contribution in [0, 0.1) is 13.8 Å². The molecule has 0 amide bonds. The molecule has 0 fully saturated rings. The van der Waals surface area contributed by atoms with E-state index in [9.17, 15) is 4.79 Å². The van der Waals surface area contributed by atoms with Crippen LogP contribution < -0.4 is 4.74 Å². The average molecular weight is 467 g/mol. The first-order chi connectivity index (χ1) is 16.0. The number of ether oxygens (including phenoxy) is 2. The monoisotopic (exact) mass is 466 g/mol. The van der Waals surface area contributed by atoms with Crippen LogP contribution in [-0.4, -0.2) is 43.9 Å². The minimum absolute atomic E-state index is 0.243. The first-order valence-corrected chi connectivity index (χ1v) is 11.0. The molecule has 0 saturated heterocycles. The number of aryl methyl sites for hydroxylation is 2. The van der Waals surface area contributed by atoms with Gasteiger partial charge in [-0.25, -0.2) is 4.79 Å². The van der Waals surface area contributed by atoms with Gasteiger partial charge in [-0.15, -0.1) is 10.2 Å². The highest BCUT2D eigenvalue weighted by atomic mass is 32.2. The van der Waals surface area contributed by atoms with E-state index >= 15 is 0 Å². The lowest BCUT2D eigenvalue weighted by Crippen LogP contribution is -2.04. The molecule has 170 valence electrons. The molecule has 0 N–H and O–H groups in total. The molecule has 0 aliphatic rings. The first kappa shape index (κ1) is 22.3. The zero-order valence-electron chi connectivity index (χ0n) is 18.3. The summed E-state index contributed by atoms with van der Waals surface area (Å²) >= 11 is 1.36. The molecule has 10 nitrogen and oxygen atoms in total. The van der Waals surface area contributed by atoms with Gasteiger partial charge >= 0.3 is 5.97 Å². The van der Waals surface area contributed by atoms with Gasteiger partial charge in [-0.3, -0.25) is 4.68 Å². The van der Waals surface area contributed by atoms with Crippen LogP contribution in [0.25, 0.3) is 0 Å². The van der Waals surface area contributed by atoms with Crippen molar-refractivity contribution in [1.29, 1.82) is 0 Å². The van der Waals surface area contributed by atoms with Crippen LogP contribution in [-0.2, 0) is 17.2 Å². The van der Waals surface area contributed by atoms with Crippen molar-refractivity contribution >= 4 is 23.9 Å². The van der Waals surface area contributed by atoms with Crippen LogP contribution in [0.3, 0.4) is 0 Å². The van der Waals surface area contributed by atoms with Crippen LogP contribution in [0.4, 0.5) is 0 Å². The number of nitrogens with zero attached hydrogens (tertiary/aromatic N) is 6. The van der Waals surface area contributed by atoms with Gasteiger partial charge < -0.3 is 13.9 Å². The maximum atomic E-state index is 11.5. The Morgan fingerprint density at radius 1 is 1.21 bits per heavy atom. The molecular formula is C22H22N6O4S. The number of carbonyl (C=O) groups is 1. The molecule has 0 unspecified atom stereocenters. The van der Waals surface area contributed by atoms with Crippen LogP contribution in [0.5, 0.6) is 5.75 Å². The topological polar surface area (TPSA) is 110 Å². The first-order valence-electron chi connectivity index (χ1n) is 9.99. The number of aromatic nitrogens is 5. The molecule has 4 aromatic rings. The number of furan rings is 1. The second kappa shape index (κ2) is 10.2. The van der Waals surface area contributed by atoms with Crippen molar-refractivity contribution in [3.05, 3.63) is 77.3 Å². The number of esters is 1. The molecule has 0 spiro atoms. The van der Waals surface area contributed by atoms with Crippen molar-refractivity contribution in [2.75, 3.05) is 7.11 Å². The smallest absolute Gasteiger partial charge is 0.358 e. The number of benzene rings is 1. The number of thioether (sulfide) groups is 1. The Morgan fingerprint density at radius 3 is 2.82 bits per heavy atom. The fourth-order valence-electron chi connectivity index (χ4n) is 3.00. The Hall–Kier alpha value is -3.86. The van der Waals surface area contributed by atoms with E-state index in [1.165, 1.54) is 29.9 Å². The number of hydrogen-bond acceptors (Lipinski definition) is 9. The predicted octanol–water partition coefficient (Wildman–Crippen LogP) is 3.68. The maximum Gasteiger partial charge on any atom is 0.358 e. The maximum absolute atomic E-state index is 11.5. The summed E-state index contributed by atoms with van der Waals surface area (Å²) in [4.78, 5) is 11.5. The molecule has 4 rings (SSSR count). The fourth-order valence-corrected chi connectivity index (χ4v) is 3.72. The second-order valence-electron chi connectivity index (χ2n) is 7.12. The van der Waals surface area contributed by atoms with Crippen LogP contribution in [0.2, 0.25) is 0 Å². The van der Waals surface area contributed by atoms with E-state index in [1.807, 2.05) is 38.1 Å². The highest BCUT2D eigenvalue weighted by molar-refractivity contribution is 7.98. The van der Waals surface area contributed by atoms with Crippen LogP contribution in [0.15, 0.2) is 63.6 Å². The summed E-state index contributed by atoms with van der Waals surface area (Å²) in [7, 11) is 1.32. The molecule has 0 radical (unpaired) electrons. The summed E-state index contributed by atoms with van der Waals surface area (Å²) in [6, 6.07) is 11.3. The van der Waals surface area contributed by atoms with E-state index in [0.29, 0.717) is 29.2 Å². The lowest BCUT2D eigenvalue weighted by Gasteiger charge is -2.06. The zero-order valence-corrected chi connectivity index (χ0v) is 19.2. The van der Waals surface area contributed by atoms with Gasteiger partial charge in [0.25, 0.3) is 0 Å². The number of methoxy groups -OCH3 is 1. The lowest BCUT2D eigenvalue weighted by atomic mass is 10.1. The highest BCUT2D eigenvalue weighted by Gasteiger charge is 2.10. The Bertz CT molecular complexity index is 1260. The molecule has 0 atom stereocenters. The summed E-state index contributed by atoms with van der Waals surface area (Å²) in [6.07, 6.45) is 4.76. The summed E-state index contributed by atoms with van der Waals surface area (Å²) in [6.45, 7) is 4.39. The van der Waals surface area contributed by atoms with E-state index in [4.69, 9.17) is 9.15 Å². The molecule has 0 aliphatic carbocycles. The minimum Gasteiger partial charge on any atom is -0.486 e. The number of carbonyl (C=O) groups excluding carboxylic acids is 1. The van der Waals surface area contributed by atoms with E-state index in [-0.39, 0.29) is 5.69 Å². The predicted molar refractivity (Wildman–Crippen MR) is 121 cm³/mol. The van der Waals surface area contributed by atoms with E-state index in [0.717, 1.165) is 16.9 Å². The fraction of sp³-hybridized carbons (Fsp3) is 0.227. The van der Waals surface area contributed by atoms with E-state index < -0.39 is 5.97 Å². The van der Waals surface area contributed by atoms with Gasteiger partial charge in [0, 0.05) is 6.20 Å². The molecule has 0 aliphatic heterocycles. The second-order valence-corrected chi connectivity index (χ2v) is 8.04. The summed E-state index contributed by atoms with van der Waals surface area (Å²) < 4.78 is 19.4. The Balaban J connectivity index is 1.33. The van der Waals surface area contributed by atoms with Gasteiger partial charge in [0.1, 0.15) is 30.2 Å². The summed E-state index contributed by atoms with van der Waals surface area (Å²) in [5.74, 6) is 2.01. The third kappa shape index (κ3) is 5.89. The van der Waals surface area contributed by atoms with Gasteiger partial charge in [0.05, 0.1) is 19.2 Å². The quantitative estimate of drug-likeness (QED) is 0.209. The van der Waals surface area contributed by atoms with Crippen LogP contribution >= 0.6 is 11.8 Å². The minimum atomic E-state index is -0.483. The van der Waals surface area contributed by atoms with E-state index in [1.54, 1.807) is 23.2 Å². The van der Waals surface area contributed by atoms with Crippen molar-refractivity contribution in [2.45, 2.75) is 31.5 Å². The molecule has 1 aromatic carbocycles. The van der Waals surface area contributed by atoms with Gasteiger partial charge in [0.2, 0.25) is 5.16 Å². The zero-order chi connectivity index (χ0) is 23.2. The third-order valence-electron chi connectivity index (χ3n) is 4.43. The van der Waals surface area contributed by atoms with Gasteiger partial charge in [0.15, 0.2) is 5.69 Å². The molecule has 0 saturated carbocycles. The molecule has 33 heavy (non-hydrogen) atoms. The van der Waals surface area contributed by atoms with Crippen molar-refractivity contribution in [1.82, 2.24) is 24.7 Å².